The number of hydrogen-bond donors (Lipinski definition) is 2. The van der Waals surface area contributed by atoms with Crippen LogP contribution in [0, 0.1) is 0 Å². The molecule has 0 radical (unpaired) electrons. The number of nitrogens with zero attached hydrogens (tertiary/aromatic N) is 5. The van der Waals surface area contributed by atoms with Crippen molar-refractivity contribution in [1.82, 2.24) is 30.4 Å². The number of aryl methyl sites for hydroxylation is 1. The number of rotatable bonds is 8. The SMILES string of the molecule is CCc1nncn1CCNC(=NCc1ccc(Br)cc1)NCc1ccccn1. The van der Waals surface area contributed by atoms with Crippen LogP contribution in [0.4, 0.5) is 0 Å². The van der Waals surface area contributed by atoms with Crippen LogP contribution < -0.4 is 10.6 Å². The third-order valence-corrected chi connectivity index (χ3v) is 4.68. The number of aromatic nitrogens is 4. The third-order valence-electron chi connectivity index (χ3n) is 4.15. The molecular weight excluding hydrogens is 418 g/mol. The first-order chi connectivity index (χ1) is 13.7. The zero-order valence-corrected chi connectivity index (χ0v) is 17.4. The zero-order chi connectivity index (χ0) is 19.6. The van der Waals surface area contributed by atoms with Crippen LogP contribution in [0.1, 0.15) is 24.0 Å². The van der Waals surface area contributed by atoms with E-state index in [1.807, 2.05) is 30.3 Å². The molecule has 0 unspecified atom stereocenters. The lowest BCUT2D eigenvalue weighted by molar-refractivity contribution is 0.631. The van der Waals surface area contributed by atoms with Crippen molar-refractivity contribution in [3.63, 3.8) is 0 Å². The molecule has 28 heavy (non-hydrogen) atoms. The van der Waals surface area contributed by atoms with Gasteiger partial charge >= 0.3 is 0 Å². The first kappa shape index (κ1) is 20.0. The number of halogens is 1. The molecule has 0 amide bonds. The van der Waals surface area contributed by atoms with Gasteiger partial charge in [0.1, 0.15) is 12.2 Å². The molecule has 2 aromatic heterocycles. The van der Waals surface area contributed by atoms with Gasteiger partial charge in [-0.15, -0.1) is 10.2 Å². The Labute approximate surface area is 173 Å². The number of nitrogens with one attached hydrogen (secondary N) is 2. The van der Waals surface area contributed by atoms with E-state index in [1.165, 1.54) is 0 Å². The smallest absolute Gasteiger partial charge is 0.191 e. The van der Waals surface area contributed by atoms with Crippen molar-refractivity contribution in [3.8, 4) is 0 Å². The van der Waals surface area contributed by atoms with Gasteiger partial charge in [0.2, 0.25) is 0 Å². The maximum absolute atomic E-state index is 4.71. The van der Waals surface area contributed by atoms with E-state index in [0.717, 1.165) is 47.0 Å². The van der Waals surface area contributed by atoms with Crippen LogP contribution in [0.5, 0.6) is 0 Å². The van der Waals surface area contributed by atoms with Crippen molar-refractivity contribution in [2.75, 3.05) is 6.54 Å². The predicted octanol–water partition coefficient (Wildman–Crippen LogP) is 2.93. The Morgan fingerprint density at radius 3 is 2.75 bits per heavy atom. The Kier molecular flexibility index (Phi) is 7.54. The fourth-order valence-electron chi connectivity index (χ4n) is 2.65. The lowest BCUT2D eigenvalue weighted by atomic mass is 10.2. The first-order valence-electron chi connectivity index (χ1n) is 9.28. The van der Waals surface area contributed by atoms with Crippen molar-refractivity contribution in [2.45, 2.75) is 33.0 Å². The maximum Gasteiger partial charge on any atom is 0.191 e. The Balaban J connectivity index is 1.60. The highest BCUT2D eigenvalue weighted by Gasteiger charge is 2.04. The molecule has 0 aliphatic rings. The van der Waals surface area contributed by atoms with Gasteiger partial charge in [-0.25, -0.2) is 4.99 Å². The number of hydrogen-bond acceptors (Lipinski definition) is 4. The standard InChI is InChI=1S/C20H24BrN7/c1-2-19-27-26-15-28(19)12-11-23-20(25-14-18-5-3-4-10-22-18)24-13-16-6-8-17(21)9-7-16/h3-10,15H,2,11-14H2,1H3,(H2,23,24,25). The summed E-state index contributed by atoms with van der Waals surface area (Å²) in [6, 6.07) is 14.1. The van der Waals surface area contributed by atoms with E-state index in [-0.39, 0.29) is 0 Å². The topological polar surface area (TPSA) is 80.0 Å². The van der Waals surface area contributed by atoms with Gasteiger partial charge in [0.25, 0.3) is 0 Å². The molecule has 2 heterocycles. The van der Waals surface area contributed by atoms with E-state index in [9.17, 15) is 0 Å². The molecule has 0 aliphatic carbocycles. The largest absolute Gasteiger partial charge is 0.355 e. The van der Waals surface area contributed by atoms with E-state index < -0.39 is 0 Å². The van der Waals surface area contributed by atoms with Crippen molar-refractivity contribution >= 4 is 21.9 Å². The minimum absolute atomic E-state index is 0.595. The van der Waals surface area contributed by atoms with Crippen LogP contribution in [0.2, 0.25) is 0 Å². The zero-order valence-electron chi connectivity index (χ0n) is 15.8. The second kappa shape index (κ2) is 10.6. The van der Waals surface area contributed by atoms with E-state index in [2.05, 4.69) is 65.4 Å². The number of aliphatic imine (C=N–C) groups is 1. The molecule has 3 aromatic rings. The van der Waals surface area contributed by atoms with Gasteiger partial charge in [-0.05, 0) is 29.8 Å². The molecule has 0 bridgehead atoms. The monoisotopic (exact) mass is 441 g/mol. The molecule has 2 N–H and O–H groups in total. The Morgan fingerprint density at radius 1 is 1.14 bits per heavy atom. The van der Waals surface area contributed by atoms with E-state index in [4.69, 9.17) is 4.99 Å². The molecule has 7 nitrogen and oxygen atoms in total. The first-order valence-corrected chi connectivity index (χ1v) is 10.1. The molecule has 0 spiro atoms. The van der Waals surface area contributed by atoms with Gasteiger partial charge < -0.3 is 15.2 Å². The van der Waals surface area contributed by atoms with Gasteiger partial charge in [-0.3, -0.25) is 4.98 Å². The third kappa shape index (κ3) is 6.16. The van der Waals surface area contributed by atoms with Crippen LogP contribution in [0.25, 0.3) is 0 Å². The molecule has 3 rings (SSSR count). The minimum atomic E-state index is 0.595. The molecule has 1 aromatic carbocycles. The Bertz CT molecular complexity index is 875. The van der Waals surface area contributed by atoms with Crippen LogP contribution in [0.15, 0.2) is 64.5 Å². The van der Waals surface area contributed by atoms with Gasteiger partial charge in [-0.1, -0.05) is 41.1 Å². The van der Waals surface area contributed by atoms with Crippen LogP contribution in [0.3, 0.4) is 0 Å². The molecule has 0 fully saturated rings. The molecular formula is C20H24BrN7. The second-order valence-corrected chi connectivity index (χ2v) is 7.10. The average Bonchev–Trinajstić information content (AvgIpc) is 3.19. The highest BCUT2D eigenvalue weighted by molar-refractivity contribution is 9.10. The molecule has 146 valence electrons. The molecule has 0 saturated carbocycles. The van der Waals surface area contributed by atoms with Crippen molar-refractivity contribution < 1.29 is 0 Å². The lowest BCUT2D eigenvalue weighted by Crippen LogP contribution is -2.38. The lowest BCUT2D eigenvalue weighted by Gasteiger charge is -2.13. The maximum atomic E-state index is 4.71. The molecule has 0 saturated heterocycles. The van der Waals surface area contributed by atoms with E-state index >= 15 is 0 Å². The number of guanidine groups is 1. The fourth-order valence-corrected chi connectivity index (χ4v) is 2.91. The summed E-state index contributed by atoms with van der Waals surface area (Å²) in [7, 11) is 0. The summed E-state index contributed by atoms with van der Waals surface area (Å²) in [6.45, 7) is 4.78. The summed E-state index contributed by atoms with van der Waals surface area (Å²) >= 11 is 3.46. The van der Waals surface area contributed by atoms with Crippen LogP contribution >= 0.6 is 15.9 Å². The molecule has 0 atom stereocenters. The highest BCUT2D eigenvalue weighted by Crippen LogP contribution is 2.11. The average molecular weight is 442 g/mol. The van der Waals surface area contributed by atoms with Gasteiger partial charge in [0.05, 0.1) is 18.8 Å². The summed E-state index contributed by atoms with van der Waals surface area (Å²) in [5.74, 6) is 1.73. The van der Waals surface area contributed by atoms with Crippen molar-refractivity contribution in [3.05, 3.63) is 76.5 Å². The van der Waals surface area contributed by atoms with E-state index in [1.54, 1.807) is 12.5 Å². The minimum Gasteiger partial charge on any atom is -0.355 e. The van der Waals surface area contributed by atoms with E-state index in [0.29, 0.717) is 13.1 Å². The van der Waals surface area contributed by atoms with Crippen LogP contribution in [-0.4, -0.2) is 32.3 Å². The quantitative estimate of drug-likeness (QED) is 0.414. The molecule has 8 heteroatoms. The highest BCUT2D eigenvalue weighted by atomic mass is 79.9. The van der Waals surface area contributed by atoms with Crippen molar-refractivity contribution in [1.29, 1.82) is 0 Å². The second-order valence-electron chi connectivity index (χ2n) is 6.19. The van der Waals surface area contributed by atoms with Crippen molar-refractivity contribution in [2.24, 2.45) is 4.99 Å². The summed E-state index contributed by atoms with van der Waals surface area (Å²) in [5, 5.41) is 14.8. The summed E-state index contributed by atoms with van der Waals surface area (Å²) < 4.78 is 3.12. The summed E-state index contributed by atoms with van der Waals surface area (Å²) in [5.41, 5.74) is 2.11. The normalized spacial score (nSPS) is 11.4. The summed E-state index contributed by atoms with van der Waals surface area (Å²) in [6.07, 6.45) is 4.42. The Hall–Kier alpha value is -2.74. The molecule has 0 aliphatic heterocycles. The van der Waals surface area contributed by atoms with Gasteiger partial charge in [0.15, 0.2) is 5.96 Å². The van der Waals surface area contributed by atoms with Crippen LogP contribution in [-0.2, 0) is 26.1 Å². The van der Waals surface area contributed by atoms with Gasteiger partial charge in [-0.2, -0.15) is 0 Å². The fraction of sp³-hybridized carbons (Fsp3) is 0.300. The Morgan fingerprint density at radius 2 is 2.00 bits per heavy atom. The number of benzene rings is 1. The van der Waals surface area contributed by atoms with Gasteiger partial charge in [0, 0.05) is 30.2 Å². The summed E-state index contributed by atoms with van der Waals surface area (Å²) in [4.78, 5) is 9.06. The number of pyridine rings is 1. The predicted molar refractivity (Wildman–Crippen MR) is 114 cm³/mol.